The third kappa shape index (κ3) is 2.58. The number of carbonyl (C=O) groups excluding carboxylic acids is 2. The lowest BCUT2D eigenvalue weighted by Gasteiger charge is -2.24. The van der Waals surface area contributed by atoms with Crippen LogP contribution in [0.4, 0.5) is 4.39 Å². The Bertz CT molecular complexity index is 441. The molecule has 3 nitrogen and oxygen atoms in total. The van der Waals surface area contributed by atoms with E-state index in [1.54, 1.807) is 0 Å². The molecule has 4 heteroatoms. The molecule has 0 amide bonds. The summed E-state index contributed by atoms with van der Waals surface area (Å²) in [7, 11) is 0. The lowest BCUT2D eigenvalue weighted by atomic mass is 9.81. The van der Waals surface area contributed by atoms with Gasteiger partial charge in [0.25, 0.3) is 0 Å². The maximum Gasteiger partial charge on any atom is 0.166 e. The van der Waals surface area contributed by atoms with Gasteiger partial charge in [-0.1, -0.05) is 0 Å². The molecule has 1 aliphatic carbocycles. The van der Waals surface area contributed by atoms with Crippen molar-refractivity contribution in [1.82, 2.24) is 0 Å². The summed E-state index contributed by atoms with van der Waals surface area (Å²) in [6.07, 6.45) is 1.30. The van der Waals surface area contributed by atoms with Gasteiger partial charge in [0.1, 0.15) is 11.6 Å². The Hall–Kier alpha value is -1.55. The van der Waals surface area contributed by atoms with Crippen LogP contribution in [-0.2, 0) is 4.79 Å². The summed E-state index contributed by atoms with van der Waals surface area (Å²) >= 11 is 0. The number of benzene rings is 1. The van der Waals surface area contributed by atoms with E-state index < -0.39 is 6.04 Å². The van der Waals surface area contributed by atoms with Crippen molar-refractivity contribution in [2.24, 2.45) is 11.7 Å². The van der Waals surface area contributed by atoms with E-state index in [9.17, 15) is 14.0 Å². The molecule has 0 spiro atoms. The number of carbonyl (C=O) groups is 2. The number of nitrogens with two attached hydrogens (primary N) is 1. The summed E-state index contributed by atoms with van der Waals surface area (Å²) in [6.45, 7) is 0. The van der Waals surface area contributed by atoms with Crippen LogP contribution in [0.25, 0.3) is 0 Å². The minimum Gasteiger partial charge on any atom is -0.321 e. The lowest BCUT2D eigenvalue weighted by Crippen LogP contribution is -2.39. The molecule has 1 aromatic carbocycles. The van der Waals surface area contributed by atoms with Crippen LogP contribution in [0.5, 0.6) is 0 Å². The predicted molar refractivity (Wildman–Crippen MR) is 61.1 cm³/mol. The van der Waals surface area contributed by atoms with Gasteiger partial charge in [-0.3, -0.25) is 9.59 Å². The second-order valence-corrected chi connectivity index (χ2v) is 4.42. The summed E-state index contributed by atoms with van der Waals surface area (Å²) in [5, 5.41) is 0. The van der Waals surface area contributed by atoms with Gasteiger partial charge >= 0.3 is 0 Å². The molecule has 2 rings (SSSR count). The smallest absolute Gasteiger partial charge is 0.166 e. The number of halogens is 1. The quantitative estimate of drug-likeness (QED) is 0.794. The zero-order chi connectivity index (χ0) is 12.4. The molecule has 2 N–H and O–H groups in total. The maximum atomic E-state index is 12.7. The van der Waals surface area contributed by atoms with Gasteiger partial charge in [-0.25, -0.2) is 4.39 Å². The van der Waals surface area contributed by atoms with Gasteiger partial charge in [0, 0.05) is 17.9 Å². The van der Waals surface area contributed by atoms with Crippen LogP contribution in [-0.4, -0.2) is 17.6 Å². The first-order chi connectivity index (χ1) is 8.08. The first-order valence-corrected chi connectivity index (χ1v) is 5.66. The highest BCUT2D eigenvalue weighted by Gasteiger charge is 2.30. The van der Waals surface area contributed by atoms with Crippen molar-refractivity contribution in [3.63, 3.8) is 0 Å². The minimum absolute atomic E-state index is 0.0214. The molecule has 0 aromatic heterocycles. The fourth-order valence-corrected chi connectivity index (χ4v) is 2.15. The highest BCUT2D eigenvalue weighted by molar-refractivity contribution is 5.99. The molecule has 0 heterocycles. The van der Waals surface area contributed by atoms with Crippen LogP contribution in [0.15, 0.2) is 24.3 Å². The van der Waals surface area contributed by atoms with Crippen LogP contribution >= 0.6 is 0 Å². The second kappa shape index (κ2) is 4.75. The van der Waals surface area contributed by atoms with Crippen LogP contribution in [0.2, 0.25) is 0 Å². The molecule has 1 saturated carbocycles. The van der Waals surface area contributed by atoms with Crippen LogP contribution in [0.3, 0.4) is 0 Å². The molecule has 0 saturated heterocycles. The molecule has 17 heavy (non-hydrogen) atoms. The Morgan fingerprint density at radius 1 is 1.29 bits per heavy atom. The number of hydrogen-bond donors (Lipinski definition) is 1. The highest BCUT2D eigenvalue weighted by atomic mass is 19.1. The average Bonchev–Trinajstić information content (AvgIpc) is 2.33. The van der Waals surface area contributed by atoms with Gasteiger partial charge in [0.2, 0.25) is 0 Å². The summed E-state index contributed by atoms with van der Waals surface area (Å²) in [6, 6.07) is 4.94. The summed E-state index contributed by atoms with van der Waals surface area (Å²) in [5.74, 6) is -0.605. The standard InChI is InChI=1S/C13H14FNO2/c14-10-4-1-8(2-5-10)13(17)9-3-6-12(16)11(15)7-9/h1-2,4-5,9,11H,3,6-7,15H2. The van der Waals surface area contributed by atoms with Gasteiger partial charge in [-0.2, -0.15) is 0 Å². The third-order valence-electron chi connectivity index (χ3n) is 3.19. The Morgan fingerprint density at radius 3 is 2.53 bits per heavy atom. The van der Waals surface area contributed by atoms with Crippen molar-refractivity contribution in [3.8, 4) is 0 Å². The van der Waals surface area contributed by atoms with Crippen molar-refractivity contribution < 1.29 is 14.0 Å². The van der Waals surface area contributed by atoms with Gasteiger partial charge in [-0.15, -0.1) is 0 Å². The predicted octanol–water partition coefficient (Wildman–Crippen LogP) is 1.70. The van der Waals surface area contributed by atoms with E-state index in [0.717, 1.165) is 0 Å². The molecular formula is C13H14FNO2. The number of hydrogen-bond acceptors (Lipinski definition) is 3. The van der Waals surface area contributed by atoms with Gasteiger partial charge in [-0.05, 0) is 37.1 Å². The van der Waals surface area contributed by atoms with Gasteiger partial charge in [0.15, 0.2) is 5.78 Å². The summed E-state index contributed by atoms with van der Waals surface area (Å²) in [4.78, 5) is 23.3. The molecule has 2 unspecified atom stereocenters. The Balaban J connectivity index is 2.10. The third-order valence-corrected chi connectivity index (χ3v) is 3.19. The monoisotopic (exact) mass is 235 g/mol. The molecule has 90 valence electrons. The van der Waals surface area contributed by atoms with Crippen LogP contribution in [0.1, 0.15) is 29.6 Å². The van der Waals surface area contributed by atoms with Crippen molar-refractivity contribution in [2.75, 3.05) is 0 Å². The fourth-order valence-electron chi connectivity index (χ4n) is 2.15. The topological polar surface area (TPSA) is 60.2 Å². The zero-order valence-electron chi connectivity index (χ0n) is 9.36. The fraction of sp³-hybridized carbons (Fsp3) is 0.385. The van der Waals surface area contributed by atoms with Crippen molar-refractivity contribution in [2.45, 2.75) is 25.3 Å². The van der Waals surface area contributed by atoms with Crippen LogP contribution < -0.4 is 5.73 Å². The molecule has 0 bridgehead atoms. The van der Waals surface area contributed by atoms with Crippen LogP contribution in [0, 0.1) is 11.7 Å². The summed E-state index contributed by atoms with van der Waals surface area (Å²) < 4.78 is 12.7. The lowest BCUT2D eigenvalue weighted by molar-refractivity contribution is -0.122. The van der Waals surface area contributed by atoms with Gasteiger partial charge in [0.05, 0.1) is 6.04 Å². The molecule has 0 radical (unpaired) electrons. The molecule has 1 aliphatic rings. The van der Waals surface area contributed by atoms with Crippen molar-refractivity contribution in [3.05, 3.63) is 35.6 Å². The first-order valence-electron chi connectivity index (χ1n) is 5.66. The second-order valence-electron chi connectivity index (χ2n) is 4.42. The largest absolute Gasteiger partial charge is 0.321 e. The van der Waals surface area contributed by atoms with E-state index >= 15 is 0 Å². The maximum absolute atomic E-state index is 12.7. The van der Waals surface area contributed by atoms with E-state index in [2.05, 4.69) is 0 Å². The molecular weight excluding hydrogens is 221 g/mol. The molecule has 1 aromatic rings. The van der Waals surface area contributed by atoms with Crippen molar-refractivity contribution >= 4 is 11.6 Å². The minimum atomic E-state index is -0.529. The van der Waals surface area contributed by atoms with E-state index in [1.807, 2.05) is 0 Å². The highest BCUT2D eigenvalue weighted by Crippen LogP contribution is 2.24. The average molecular weight is 235 g/mol. The van der Waals surface area contributed by atoms with Gasteiger partial charge < -0.3 is 5.73 Å². The molecule has 0 aliphatic heterocycles. The molecule has 2 atom stereocenters. The Kier molecular flexibility index (Phi) is 3.33. The van der Waals surface area contributed by atoms with E-state index in [1.165, 1.54) is 24.3 Å². The SMILES string of the molecule is NC1CC(C(=O)c2ccc(F)cc2)CCC1=O. The Labute approximate surface area is 98.8 Å². The first kappa shape index (κ1) is 11.9. The normalized spacial score (nSPS) is 24.7. The summed E-state index contributed by atoms with van der Waals surface area (Å²) in [5.41, 5.74) is 6.13. The van der Waals surface area contributed by atoms with E-state index in [-0.39, 0.29) is 23.3 Å². The van der Waals surface area contributed by atoms with Crippen molar-refractivity contribution in [1.29, 1.82) is 0 Å². The number of ketones is 2. The van der Waals surface area contributed by atoms with E-state index in [4.69, 9.17) is 5.73 Å². The van der Waals surface area contributed by atoms with E-state index in [0.29, 0.717) is 24.8 Å². The number of rotatable bonds is 2. The zero-order valence-corrected chi connectivity index (χ0v) is 9.36. The number of Topliss-reactive ketones (excluding diaryl/α,β-unsaturated/α-hetero) is 2. The Morgan fingerprint density at radius 2 is 1.94 bits per heavy atom. The molecule has 1 fully saturated rings.